The molecule has 104 valence electrons. The van der Waals surface area contributed by atoms with Crippen molar-refractivity contribution in [3.05, 3.63) is 67.4 Å². The van der Waals surface area contributed by atoms with Crippen molar-refractivity contribution in [1.29, 1.82) is 0 Å². The minimum Gasteiger partial charge on any atom is -0.489 e. The zero-order valence-corrected chi connectivity index (χ0v) is 12.3. The second-order valence-electron chi connectivity index (χ2n) is 3.87. The third-order valence-corrected chi connectivity index (χ3v) is 3.75. The number of halogens is 3. The summed E-state index contributed by atoms with van der Waals surface area (Å²) in [7, 11) is 0. The molecule has 2 rings (SSSR count). The van der Waals surface area contributed by atoms with Crippen molar-refractivity contribution < 1.29 is 14.1 Å². The topological polar surface area (TPSA) is 52.4 Å². The highest BCUT2D eigenvalue weighted by Gasteiger charge is 2.15. The fraction of sp³-hybridized carbons (Fsp3) is 0.0769. The Hall–Kier alpha value is -1.66. The lowest BCUT2D eigenvalue weighted by Gasteiger charge is -2.08. The van der Waals surface area contributed by atoms with Crippen LogP contribution >= 0.6 is 27.5 Å². The molecule has 2 aromatic rings. The predicted molar refractivity (Wildman–Crippen MR) is 76.5 cm³/mol. The van der Waals surface area contributed by atoms with E-state index in [4.69, 9.17) is 16.3 Å². The molecule has 0 fully saturated rings. The Morgan fingerprint density at radius 2 is 2.10 bits per heavy atom. The van der Waals surface area contributed by atoms with E-state index in [-0.39, 0.29) is 17.3 Å². The van der Waals surface area contributed by atoms with Crippen LogP contribution in [0.1, 0.15) is 5.56 Å². The van der Waals surface area contributed by atoms with Crippen LogP contribution in [0.3, 0.4) is 0 Å². The molecule has 0 amide bonds. The van der Waals surface area contributed by atoms with E-state index in [9.17, 15) is 14.5 Å². The first-order valence-corrected chi connectivity index (χ1v) is 6.66. The van der Waals surface area contributed by atoms with Crippen molar-refractivity contribution in [3.8, 4) is 5.75 Å². The lowest BCUT2D eigenvalue weighted by molar-refractivity contribution is -0.385. The van der Waals surface area contributed by atoms with Gasteiger partial charge in [0, 0.05) is 17.7 Å². The molecular formula is C13H8BrClFNO3. The van der Waals surface area contributed by atoms with Crippen molar-refractivity contribution >= 4 is 33.2 Å². The van der Waals surface area contributed by atoms with E-state index in [1.165, 1.54) is 24.3 Å². The van der Waals surface area contributed by atoms with Gasteiger partial charge in [0.25, 0.3) is 5.69 Å². The van der Waals surface area contributed by atoms with Crippen molar-refractivity contribution in [2.45, 2.75) is 6.61 Å². The number of benzene rings is 2. The van der Waals surface area contributed by atoms with Crippen LogP contribution < -0.4 is 4.74 Å². The molecule has 0 N–H and O–H groups in total. The normalized spacial score (nSPS) is 10.3. The average molecular weight is 361 g/mol. The van der Waals surface area contributed by atoms with Crippen LogP contribution in [0.15, 0.2) is 40.9 Å². The lowest BCUT2D eigenvalue weighted by Crippen LogP contribution is -1.99. The van der Waals surface area contributed by atoms with E-state index in [1.54, 1.807) is 12.1 Å². The van der Waals surface area contributed by atoms with E-state index in [1.807, 2.05) is 0 Å². The number of rotatable bonds is 4. The molecule has 0 spiro atoms. The number of ether oxygens (including phenoxy) is 1. The Bertz CT molecular complexity index is 666. The molecule has 0 saturated heterocycles. The van der Waals surface area contributed by atoms with Crippen LogP contribution in [0, 0.1) is 15.9 Å². The molecule has 0 bridgehead atoms. The molecule has 0 aliphatic carbocycles. The first-order valence-electron chi connectivity index (χ1n) is 5.48. The summed E-state index contributed by atoms with van der Waals surface area (Å²) in [5.74, 6) is -0.148. The van der Waals surface area contributed by atoms with Crippen molar-refractivity contribution in [3.63, 3.8) is 0 Å². The summed E-state index contributed by atoms with van der Waals surface area (Å²) in [5, 5.41) is 10.8. The molecule has 7 heteroatoms. The van der Waals surface area contributed by atoms with Crippen LogP contribution in [0.4, 0.5) is 10.1 Å². The number of hydrogen-bond donors (Lipinski definition) is 0. The SMILES string of the molecule is O=[N+]([O-])c1cccc(COc2ccc(F)c(Cl)c2)c1Br. The summed E-state index contributed by atoms with van der Waals surface area (Å²) in [6.07, 6.45) is 0. The molecule has 0 heterocycles. The highest BCUT2D eigenvalue weighted by Crippen LogP contribution is 2.29. The minimum atomic E-state index is -0.532. The van der Waals surface area contributed by atoms with Gasteiger partial charge < -0.3 is 4.74 Å². The number of nitro benzene ring substituents is 1. The molecular weight excluding hydrogens is 353 g/mol. The van der Waals surface area contributed by atoms with Gasteiger partial charge in [-0.05, 0) is 28.1 Å². The van der Waals surface area contributed by atoms with Gasteiger partial charge in [-0.25, -0.2) is 4.39 Å². The van der Waals surface area contributed by atoms with E-state index in [2.05, 4.69) is 15.9 Å². The van der Waals surface area contributed by atoms with Crippen molar-refractivity contribution in [2.75, 3.05) is 0 Å². The van der Waals surface area contributed by atoms with Gasteiger partial charge in [0.15, 0.2) is 0 Å². The van der Waals surface area contributed by atoms with Crippen molar-refractivity contribution in [2.24, 2.45) is 0 Å². The zero-order chi connectivity index (χ0) is 14.7. The molecule has 2 aromatic carbocycles. The fourth-order valence-corrected chi connectivity index (χ4v) is 2.24. The quantitative estimate of drug-likeness (QED) is 0.585. The molecule has 0 aromatic heterocycles. The largest absolute Gasteiger partial charge is 0.489 e. The number of nitro groups is 1. The van der Waals surface area contributed by atoms with E-state index in [0.717, 1.165) is 0 Å². The zero-order valence-electron chi connectivity index (χ0n) is 9.98. The summed E-state index contributed by atoms with van der Waals surface area (Å²) in [5.41, 5.74) is 0.572. The predicted octanol–water partition coefficient (Wildman–Crippen LogP) is 4.73. The van der Waals surface area contributed by atoms with Crippen LogP contribution in [0.2, 0.25) is 5.02 Å². The molecule has 0 aliphatic rings. The number of hydrogen-bond acceptors (Lipinski definition) is 3. The van der Waals surface area contributed by atoms with Crippen LogP contribution in [-0.4, -0.2) is 4.92 Å². The fourth-order valence-electron chi connectivity index (χ4n) is 1.55. The van der Waals surface area contributed by atoms with Crippen molar-refractivity contribution in [1.82, 2.24) is 0 Å². The Balaban J connectivity index is 2.17. The maximum absolute atomic E-state index is 13.0. The number of nitrogens with zero attached hydrogens (tertiary/aromatic N) is 1. The maximum Gasteiger partial charge on any atom is 0.283 e. The molecule has 0 unspecified atom stereocenters. The molecule has 4 nitrogen and oxygen atoms in total. The second kappa shape index (κ2) is 6.19. The molecule has 20 heavy (non-hydrogen) atoms. The highest BCUT2D eigenvalue weighted by molar-refractivity contribution is 9.10. The van der Waals surface area contributed by atoms with Gasteiger partial charge >= 0.3 is 0 Å². The summed E-state index contributed by atoms with van der Waals surface area (Å²) in [6.45, 7) is 0.101. The van der Waals surface area contributed by atoms with E-state index >= 15 is 0 Å². The van der Waals surface area contributed by atoms with Gasteiger partial charge in [-0.3, -0.25) is 10.1 Å². The van der Waals surface area contributed by atoms with E-state index < -0.39 is 10.7 Å². The third-order valence-electron chi connectivity index (χ3n) is 2.54. The summed E-state index contributed by atoms with van der Waals surface area (Å²) in [4.78, 5) is 10.3. The smallest absolute Gasteiger partial charge is 0.283 e. The first kappa shape index (κ1) is 14.7. The molecule has 0 radical (unpaired) electrons. The lowest BCUT2D eigenvalue weighted by atomic mass is 10.2. The van der Waals surface area contributed by atoms with Gasteiger partial charge in [-0.1, -0.05) is 23.7 Å². The monoisotopic (exact) mass is 359 g/mol. The standard InChI is InChI=1S/C13H8BrClFNO3/c14-13-8(2-1-3-12(13)17(18)19)7-20-9-4-5-11(16)10(15)6-9/h1-6H,7H2. The van der Waals surface area contributed by atoms with Crippen LogP contribution in [-0.2, 0) is 6.61 Å². The van der Waals surface area contributed by atoms with Gasteiger partial charge in [-0.15, -0.1) is 0 Å². The first-order chi connectivity index (χ1) is 9.49. The summed E-state index contributed by atoms with van der Waals surface area (Å²) in [6, 6.07) is 8.64. The van der Waals surface area contributed by atoms with Crippen LogP contribution in [0.25, 0.3) is 0 Å². The Morgan fingerprint density at radius 3 is 2.75 bits per heavy atom. The third kappa shape index (κ3) is 3.26. The van der Waals surface area contributed by atoms with E-state index in [0.29, 0.717) is 15.8 Å². The minimum absolute atomic E-state index is 0.0387. The molecule has 0 aliphatic heterocycles. The Kier molecular flexibility index (Phi) is 4.57. The molecule has 0 saturated carbocycles. The highest BCUT2D eigenvalue weighted by atomic mass is 79.9. The summed E-state index contributed by atoms with van der Waals surface area (Å²) >= 11 is 8.81. The van der Waals surface area contributed by atoms with Gasteiger partial charge in [0.05, 0.1) is 9.95 Å². The van der Waals surface area contributed by atoms with Gasteiger partial charge in [-0.2, -0.15) is 0 Å². The van der Waals surface area contributed by atoms with Crippen LogP contribution in [0.5, 0.6) is 5.75 Å². The average Bonchev–Trinajstić information content (AvgIpc) is 2.41. The van der Waals surface area contributed by atoms with Gasteiger partial charge in [0.2, 0.25) is 0 Å². The van der Waals surface area contributed by atoms with Gasteiger partial charge in [0.1, 0.15) is 22.6 Å². The summed E-state index contributed by atoms with van der Waals surface area (Å²) < 4.78 is 18.8. The Morgan fingerprint density at radius 1 is 1.35 bits per heavy atom. The Labute approximate surface area is 127 Å². The second-order valence-corrected chi connectivity index (χ2v) is 5.07. The maximum atomic E-state index is 13.0. The molecule has 0 atom stereocenters.